The first kappa shape index (κ1) is 23.7. The number of aromatic amines is 1. The predicted molar refractivity (Wildman–Crippen MR) is 145 cm³/mol. The Hall–Kier alpha value is -3.65. The summed E-state index contributed by atoms with van der Waals surface area (Å²) in [6, 6.07) is 12.3. The van der Waals surface area contributed by atoms with Crippen LogP contribution < -0.4 is 14.5 Å². The van der Waals surface area contributed by atoms with Gasteiger partial charge in [-0.25, -0.2) is 4.98 Å². The average molecular weight is 499 g/mol. The van der Waals surface area contributed by atoms with Gasteiger partial charge in [-0.3, -0.25) is 5.10 Å². The summed E-state index contributed by atoms with van der Waals surface area (Å²) in [4.78, 5) is 14.5. The summed E-state index contributed by atoms with van der Waals surface area (Å²) in [5.41, 5.74) is 6.68. The van der Waals surface area contributed by atoms with E-state index in [9.17, 15) is 5.11 Å². The van der Waals surface area contributed by atoms with Gasteiger partial charge in [-0.05, 0) is 73.1 Å². The van der Waals surface area contributed by atoms with E-state index in [1.54, 1.807) is 7.11 Å². The Balaban J connectivity index is 1.43. The van der Waals surface area contributed by atoms with E-state index >= 15 is 0 Å². The minimum absolute atomic E-state index is 0.165. The third-order valence-electron chi connectivity index (χ3n) is 7.83. The van der Waals surface area contributed by atoms with Crippen molar-refractivity contribution in [3.05, 3.63) is 65.0 Å². The van der Waals surface area contributed by atoms with Crippen LogP contribution in [0, 0.1) is 5.92 Å². The highest BCUT2D eigenvalue weighted by Crippen LogP contribution is 2.38. The fraction of sp³-hybridized carbons (Fsp3) is 0.414. The maximum absolute atomic E-state index is 10.6. The Morgan fingerprint density at radius 1 is 1.14 bits per heavy atom. The summed E-state index contributed by atoms with van der Waals surface area (Å²) in [6.07, 6.45) is 8.40. The number of fused-ring (bicyclic) bond motifs is 3. The molecule has 0 amide bonds. The molecule has 0 fully saturated rings. The van der Waals surface area contributed by atoms with Gasteiger partial charge in [0.05, 0.1) is 24.5 Å². The monoisotopic (exact) mass is 498 g/mol. The van der Waals surface area contributed by atoms with Gasteiger partial charge in [0.25, 0.3) is 0 Å². The summed E-state index contributed by atoms with van der Waals surface area (Å²) in [5.74, 6) is 3.04. The van der Waals surface area contributed by atoms with E-state index < -0.39 is 0 Å². The fourth-order valence-electron chi connectivity index (χ4n) is 5.90. The number of nitrogens with one attached hydrogen (secondary N) is 1. The number of aliphatic hydroxyl groups is 1. The van der Waals surface area contributed by atoms with Crippen LogP contribution in [-0.2, 0) is 25.9 Å². The number of hydrogen-bond acceptors (Lipinski definition) is 7. The van der Waals surface area contributed by atoms with Crippen molar-refractivity contribution in [3.63, 3.8) is 0 Å². The number of nitrogens with zero attached hydrogens (tertiary/aromatic N) is 5. The summed E-state index contributed by atoms with van der Waals surface area (Å²) in [6.45, 7) is 3.60. The molecule has 1 aliphatic carbocycles. The molecular weight excluding hydrogens is 464 g/mol. The second-order valence-electron chi connectivity index (χ2n) is 10.2. The SMILES string of the molecule is CCCC1CCCc2c(nc(N3Cc4ccc(OC)cc4C3)nc2N(CO)c2ccc3[nH]ncc3c2)C1. The zero-order chi connectivity index (χ0) is 25.4. The van der Waals surface area contributed by atoms with Crippen LogP contribution in [0.1, 0.15) is 55.0 Å². The number of H-pyrrole nitrogens is 1. The molecule has 1 atom stereocenters. The van der Waals surface area contributed by atoms with Crippen molar-refractivity contribution in [2.24, 2.45) is 5.92 Å². The van der Waals surface area contributed by atoms with Crippen molar-refractivity contribution < 1.29 is 9.84 Å². The molecule has 3 heterocycles. The molecule has 0 radical (unpaired) electrons. The topological polar surface area (TPSA) is 90.4 Å². The van der Waals surface area contributed by atoms with Gasteiger partial charge in [0.15, 0.2) is 0 Å². The van der Waals surface area contributed by atoms with E-state index in [1.165, 1.54) is 36.0 Å². The van der Waals surface area contributed by atoms with Gasteiger partial charge in [0.1, 0.15) is 18.3 Å². The van der Waals surface area contributed by atoms with Crippen LogP contribution in [0.25, 0.3) is 10.9 Å². The van der Waals surface area contributed by atoms with Crippen molar-refractivity contribution in [2.75, 3.05) is 23.6 Å². The molecular formula is C29H34N6O2. The molecule has 2 N–H and O–H groups in total. The van der Waals surface area contributed by atoms with Crippen LogP contribution in [0.3, 0.4) is 0 Å². The highest BCUT2D eigenvalue weighted by Gasteiger charge is 2.28. The molecule has 0 saturated carbocycles. The molecule has 192 valence electrons. The fourth-order valence-corrected chi connectivity index (χ4v) is 5.90. The molecule has 8 heteroatoms. The standard InChI is InChI=1S/C29H34N6O2/c1-3-5-19-6-4-7-25-27(12-19)31-29(34-16-20-8-10-24(37-2)14-22(20)17-34)32-28(25)35(18-36)23-9-11-26-21(13-23)15-30-33-26/h8-11,13-15,19,36H,3-7,12,16-18H2,1-2H3,(H,30,33). The van der Waals surface area contributed by atoms with E-state index in [0.717, 1.165) is 72.2 Å². The largest absolute Gasteiger partial charge is 0.497 e. The Labute approximate surface area is 217 Å². The lowest BCUT2D eigenvalue weighted by Gasteiger charge is -2.27. The number of rotatable bonds is 7. The number of hydrogen-bond donors (Lipinski definition) is 2. The molecule has 1 aliphatic heterocycles. The molecule has 0 saturated heterocycles. The van der Waals surface area contributed by atoms with Crippen LogP contribution in [-0.4, -0.2) is 39.1 Å². The quantitative estimate of drug-likeness (QED) is 0.265. The van der Waals surface area contributed by atoms with Gasteiger partial charge >= 0.3 is 0 Å². The second-order valence-corrected chi connectivity index (χ2v) is 10.2. The maximum Gasteiger partial charge on any atom is 0.228 e. The van der Waals surface area contributed by atoms with Gasteiger partial charge in [0.2, 0.25) is 5.95 Å². The zero-order valence-corrected chi connectivity index (χ0v) is 21.6. The molecule has 1 unspecified atom stereocenters. The predicted octanol–water partition coefficient (Wildman–Crippen LogP) is 5.26. The molecule has 8 nitrogen and oxygen atoms in total. The first-order valence-corrected chi connectivity index (χ1v) is 13.3. The molecule has 0 spiro atoms. The lowest BCUT2D eigenvalue weighted by atomic mass is 9.95. The number of benzene rings is 2. The number of ether oxygens (including phenoxy) is 1. The number of aliphatic hydroxyl groups excluding tert-OH is 1. The Morgan fingerprint density at radius 3 is 2.86 bits per heavy atom. The van der Waals surface area contributed by atoms with Gasteiger partial charge in [0, 0.05) is 29.7 Å². The summed E-state index contributed by atoms with van der Waals surface area (Å²) >= 11 is 0. The maximum atomic E-state index is 10.6. The van der Waals surface area contributed by atoms with Gasteiger partial charge in [-0.15, -0.1) is 0 Å². The van der Waals surface area contributed by atoms with Crippen molar-refractivity contribution >= 4 is 28.4 Å². The third kappa shape index (κ3) is 4.50. The molecule has 6 rings (SSSR count). The molecule has 4 aromatic rings. The molecule has 2 aromatic carbocycles. The van der Waals surface area contributed by atoms with E-state index in [1.807, 2.05) is 29.3 Å². The van der Waals surface area contributed by atoms with E-state index in [0.29, 0.717) is 5.92 Å². The Kier molecular flexibility index (Phi) is 6.42. The van der Waals surface area contributed by atoms with Gasteiger partial charge < -0.3 is 19.6 Å². The Bertz CT molecular complexity index is 1420. The van der Waals surface area contributed by atoms with Crippen LogP contribution in [0.15, 0.2) is 42.6 Å². The van der Waals surface area contributed by atoms with Gasteiger partial charge in [-0.1, -0.05) is 25.8 Å². The lowest BCUT2D eigenvalue weighted by molar-refractivity contribution is 0.303. The Morgan fingerprint density at radius 2 is 2.03 bits per heavy atom. The molecule has 2 aromatic heterocycles. The highest BCUT2D eigenvalue weighted by atomic mass is 16.5. The van der Waals surface area contributed by atoms with Crippen molar-refractivity contribution in [3.8, 4) is 5.75 Å². The van der Waals surface area contributed by atoms with Crippen LogP contribution in [0.2, 0.25) is 0 Å². The molecule has 37 heavy (non-hydrogen) atoms. The minimum atomic E-state index is -0.165. The molecule has 0 bridgehead atoms. The third-order valence-corrected chi connectivity index (χ3v) is 7.83. The number of anilines is 3. The lowest BCUT2D eigenvalue weighted by Crippen LogP contribution is -2.25. The highest BCUT2D eigenvalue weighted by molar-refractivity contribution is 5.83. The summed E-state index contributed by atoms with van der Waals surface area (Å²) in [5, 5.41) is 18.8. The first-order valence-electron chi connectivity index (χ1n) is 13.3. The van der Waals surface area contributed by atoms with Gasteiger partial charge in [-0.2, -0.15) is 10.1 Å². The van der Waals surface area contributed by atoms with Crippen molar-refractivity contribution in [1.29, 1.82) is 0 Å². The smallest absolute Gasteiger partial charge is 0.228 e. The summed E-state index contributed by atoms with van der Waals surface area (Å²) < 4.78 is 5.45. The molecule has 2 aliphatic rings. The van der Waals surface area contributed by atoms with E-state index in [4.69, 9.17) is 14.7 Å². The van der Waals surface area contributed by atoms with Crippen LogP contribution in [0.5, 0.6) is 5.75 Å². The van der Waals surface area contributed by atoms with Crippen LogP contribution in [0.4, 0.5) is 17.5 Å². The average Bonchev–Trinajstić information content (AvgIpc) is 3.51. The first-order chi connectivity index (χ1) is 18.2. The van der Waals surface area contributed by atoms with Crippen molar-refractivity contribution in [1.82, 2.24) is 20.2 Å². The van der Waals surface area contributed by atoms with Crippen LogP contribution >= 0.6 is 0 Å². The minimum Gasteiger partial charge on any atom is -0.497 e. The normalized spacial score (nSPS) is 16.9. The zero-order valence-electron chi connectivity index (χ0n) is 21.6. The second kappa shape index (κ2) is 10.0. The summed E-state index contributed by atoms with van der Waals surface area (Å²) in [7, 11) is 1.70. The van der Waals surface area contributed by atoms with Crippen molar-refractivity contribution in [2.45, 2.75) is 58.5 Å². The number of aromatic nitrogens is 4. The van der Waals surface area contributed by atoms with E-state index in [2.05, 4.69) is 40.2 Å². The van der Waals surface area contributed by atoms with E-state index in [-0.39, 0.29) is 6.73 Å². The number of methoxy groups -OCH3 is 1.